The zero-order valence-electron chi connectivity index (χ0n) is 11.4. The van der Waals surface area contributed by atoms with Gasteiger partial charge in [-0.1, -0.05) is 0 Å². The number of methoxy groups -OCH3 is 1. The average molecular weight is 341 g/mol. The Balaban J connectivity index is 2.72. The van der Waals surface area contributed by atoms with Gasteiger partial charge in [0, 0.05) is 0 Å². The monoisotopic (exact) mass is 342 g/mol. The van der Waals surface area contributed by atoms with Crippen LogP contribution in [0.4, 0.5) is 0 Å². The zero-order valence-corrected chi connectivity index (χ0v) is 14.3. The molecule has 0 saturated carbocycles. The summed E-state index contributed by atoms with van der Waals surface area (Å²) in [4.78, 5) is 18.5. The van der Waals surface area contributed by atoms with Crippen LogP contribution in [-0.4, -0.2) is 31.5 Å². The van der Waals surface area contributed by atoms with Crippen LogP contribution in [0.2, 0.25) is 14.8 Å². The van der Waals surface area contributed by atoms with Crippen LogP contribution in [0.5, 0.6) is 0 Å². The number of benzene rings is 1. The van der Waals surface area contributed by atoms with E-state index in [1.807, 2.05) is 6.92 Å². The van der Waals surface area contributed by atoms with Gasteiger partial charge in [0.1, 0.15) is 0 Å². The molecule has 0 amide bonds. The molecule has 0 fully saturated rings. The molecule has 1 aromatic carbocycles. The van der Waals surface area contributed by atoms with E-state index in [0.29, 0.717) is 0 Å². The SMILES string of the molecule is COC(=O)C(C)Cc1cc[c]([Sn]([CH3])([CH3])[CH3])cc1. The van der Waals surface area contributed by atoms with Gasteiger partial charge in [-0.25, -0.2) is 0 Å². The first kappa shape index (κ1) is 14.5. The van der Waals surface area contributed by atoms with E-state index in [-0.39, 0.29) is 11.9 Å². The van der Waals surface area contributed by atoms with Crippen LogP contribution < -0.4 is 3.58 Å². The van der Waals surface area contributed by atoms with E-state index in [1.54, 1.807) is 0 Å². The molecule has 1 atom stereocenters. The Morgan fingerprint density at radius 3 is 2.18 bits per heavy atom. The van der Waals surface area contributed by atoms with Crippen molar-refractivity contribution in [1.29, 1.82) is 0 Å². The van der Waals surface area contributed by atoms with Gasteiger partial charge in [-0.05, 0) is 0 Å². The fourth-order valence-corrected chi connectivity index (χ4v) is 5.11. The molecule has 0 aliphatic heterocycles. The van der Waals surface area contributed by atoms with Crippen LogP contribution in [0, 0.1) is 5.92 Å². The van der Waals surface area contributed by atoms with E-state index in [0.717, 1.165) is 6.42 Å². The van der Waals surface area contributed by atoms with Gasteiger partial charge in [0.15, 0.2) is 0 Å². The second-order valence-corrected chi connectivity index (χ2v) is 20.1. The summed E-state index contributed by atoms with van der Waals surface area (Å²) >= 11 is -1.93. The minimum atomic E-state index is -1.93. The number of hydrogen-bond donors (Lipinski definition) is 0. The quantitative estimate of drug-likeness (QED) is 0.622. The molecular formula is C14H22O2Sn. The second-order valence-electron chi connectivity index (χ2n) is 5.58. The van der Waals surface area contributed by atoms with Crippen LogP contribution in [-0.2, 0) is 16.0 Å². The number of carbonyl (C=O) groups is 1. The van der Waals surface area contributed by atoms with E-state index < -0.39 is 18.4 Å². The third kappa shape index (κ3) is 4.34. The van der Waals surface area contributed by atoms with Crippen molar-refractivity contribution < 1.29 is 9.53 Å². The van der Waals surface area contributed by atoms with E-state index >= 15 is 0 Å². The fourth-order valence-electron chi connectivity index (χ4n) is 1.78. The van der Waals surface area contributed by atoms with E-state index in [4.69, 9.17) is 4.74 Å². The molecule has 0 aromatic heterocycles. The summed E-state index contributed by atoms with van der Waals surface area (Å²) < 4.78 is 6.26. The van der Waals surface area contributed by atoms with Crippen molar-refractivity contribution in [1.82, 2.24) is 0 Å². The second kappa shape index (κ2) is 5.89. The van der Waals surface area contributed by atoms with Crippen LogP contribution in [0.3, 0.4) is 0 Å². The standard InChI is InChI=1S/C11H13O2.3CH3.Sn/c1-9(11(12)13-2)8-10-6-4-3-5-7-10;;;;/h4-7,9H,8H2,1-2H3;3*1H3;. The first-order valence-corrected chi connectivity index (χ1v) is 16.0. The van der Waals surface area contributed by atoms with Gasteiger partial charge in [0.05, 0.1) is 0 Å². The Morgan fingerprint density at radius 2 is 1.76 bits per heavy atom. The summed E-state index contributed by atoms with van der Waals surface area (Å²) in [5, 5.41) is 0. The van der Waals surface area contributed by atoms with Crippen molar-refractivity contribution in [3.05, 3.63) is 29.8 Å². The van der Waals surface area contributed by atoms with Crippen molar-refractivity contribution in [3.63, 3.8) is 0 Å². The third-order valence-electron chi connectivity index (χ3n) is 2.97. The number of rotatable bonds is 4. The number of ether oxygens (including phenoxy) is 1. The van der Waals surface area contributed by atoms with Crippen molar-refractivity contribution in [2.75, 3.05) is 7.11 Å². The molecular weight excluding hydrogens is 319 g/mol. The van der Waals surface area contributed by atoms with E-state index in [2.05, 4.69) is 39.1 Å². The number of esters is 1. The number of hydrogen-bond acceptors (Lipinski definition) is 2. The summed E-state index contributed by atoms with van der Waals surface area (Å²) in [6, 6.07) is 8.76. The molecule has 94 valence electrons. The molecule has 0 N–H and O–H groups in total. The molecule has 0 aliphatic carbocycles. The first-order valence-electron chi connectivity index (χ1n) is 6.02. The summed E-state index contributed by atoms with van der Waals surface area (Å²) in [5.41, 5.74) is 1.21. The first-order chi connectivity index (χ1) is 7.84. The van der Waals surface area contributed by atoms with Crippen LogP contribution in [0.15, 0.2) is 24.3 Å². The Bertz CT molecular complexity index is 376. The molecule has 1 aromatic rings. The predicted octanol–water partition coefficient (Wildman–Crippen LogP) is 2.58. The molecule has 0 bridgehead atoms. The molecule has 0 aliphatic rings. The molecule has 1 rings (SSSR count). The molecule has 17 heavy (non-hydrogen) atoms. The van der Waals surface area contributed by atoms with E-state index in [1.165, 1.54) is 16.3 Å². The Morgan fingerprint density at radius 1 is 1.24 bits per heavy atom. The minimum absolute atomic E-state index is 0.0657. The summed E-state index contributed by atoms with van der Waals surface area (Å²) in [5.74, 6) is -0.201. The fraction of sp³-hybridized carbons (Fsp3) is 0.500. The van der Waals surface area contributed by atoms with Gasteiger partial charge in [0.25, 0.3) is 0 Å². The van der Waals surface area contributed by atoms with Crippen molar-refractivity contribution in [2.24, 2.45) is 5.92 Å². The molecule has 0 saturated heterocycles. The van der Waals surface area contributed by atoms with Gasteiger partial charge in [-0.3, -0.25) is 0 Å². The summed E-state index contributed by atoms with van der Waals surface area (Å²) in [6.45, 7) is 1.91. The molecule has 0 heterocycles. The topological polar surface area (TPSA) is 26.3 Å². The zero-order chi connectivity index (χ0) is 13.1. The Labute approximate surface area is 108 Å². The average Bonchev–Trinajstić information content (AvgIpc) is 2.27. The molecule has 1 unspecified atom stereocenters. The van der Waals surface area contributed by atoms with Gasteiger partial charge >= 0.3 is 108 Å². The van der Waals surface area contributed by atoms with Gasteiger partial charge < -0.3 is 0 Å². The summed E-state index contributed by atoms with van der Waals surface area (Å²) in [7, 11) is 1.44. The van der Waals surface area contributed by atoms with Gasteiger partial charge in [-0.15, -0.1) is 0 Å². The van der Waals surface area contributed by atoms with Crippen LogP contribution >= 0.6 is 0 Å². The molecule has 0 spiro atoms. The number of carbonyl (C=O) groups excluding carboxylic acids is 1. The van der Waals surface area contributed by atoms with E-state index in [9.17, 15) is 4.79 Å². The molecule has 0 radical (unpaired) electrons. The maximum atomic E-state index is 11.3. The normalized spacial score (nSPS) is 13.2. The van der Waals surface area contributed by atoms with Crippen molar-refractivity contribution >= 4 is 27.9 Å². The van der Waals surface area contributed by atoms with Gasteiger partial charge in [-0.2, -0.15) is 0 Å². The molecule has 2 nitrogen and oxygen atoms in total. The Kier molecular flexibility index (Phi) is 5.04. The Hall–Kier alpha value is -0.511. The maximum absolute atomic E-state index is 11.3. The van der Waals surface area contributed by atoms with Crippen LogP contribution in [0.1, 0.15) is 12.5 Å². The summed E-state index contributed by atoms with van der Waals surface area (Å²) in [6.07, 6.45) is 0.757. The van der Waals surface area contributed by atoms with Crippen molar-refractivity contribution in [3.8, 4) is 0 Å². The van der Waals surface area contributed by atoms with Crippen molar-refractivity contribution in [2.45, 2.75) is 28.2 Å². The van der Waals surface area contributed by atoms with Gasteiger partial charge in [0.2, 0.25) is 0 Å². The molecule has 3 heteroatoms. The van der Waals surface area contributed by atoms with Crippen LogP contribution in [0.25, 0.3) is 0 Å². The third-order valence-corrected chi connectivity index (χ3v) is 8.86. The predicted molar refractivity (Wildman–Crippen MR) is 74.3 cm³/mol.